The van der Waals surface area contributed by atoms with Gasteiger partial charge in [0, 0.05) is 31.8 Å². The highest BCUT2D eigenvalue weighted by atomic mass is 35.5. The van der Waals surface area contributed by atoms with Gasteiger partial charge in [0.1, 0.15) is 4.90 Å². The van der Waals surface area contributed by atoms with Gasteiger partial charge < -0.3 is 10.1 Å². The number of carbonyl (C=O) groups excluding carboxylic acids is 1. The van der Waals surface area contributed by atoms with Crippen molar-refractivity contribution in [2.75, 3.05) is 33.4 Å². The Bertz CT molecular complexity index is 908. The number of rotatable bonds is 11. The molecule has 6 nitrogen and oxygen atoms in total. The fraction of sp³-hybridized carbons (Fsp3) is 0.350. The molecule has 0 atom stereocenters. The number of nitrogens with one attached hydrogen (secondary N) is 1. The second-order valence-corrected chi connectivity index (χ2v) is 9.10. The summed E-state index contributed by atoms with van der Waals surface area (Å²) in [7, 11) is -2.45. The normalized spacial score (nSPS) is 11.6. The van der Waals surface area contributed by atoms with E-state index in [0.29, 0.717) is 26.0 Å². The van der Waals surface area contributed by atoms with E-state index in [1.165, 1.54) is 18.2 Å². The van der Waals surface area contributed by atoms with Gasteiger partial charge in [0.25, 0.3) is 0 Å². The monoisotopic (exact) mass is 458 g/mol. The Balaban J connectivity index is 2.20. The van der Waals surface area contributed by atoms with Crippen LogP contribution in [0.15, 0.2) is 53.4 Å². The summed E-state index contributed by atoms with van der Waals surface area (Å²) in [6.07, 6.45) is 1.09. The van der Waals surface area contributed by atoms with Crippen molar-refractivity contribution in [1.29, 1.82) is 0 Å². The SMILES string of the molecule is COCCCNC(=O)CN(CCc1ccccc1)S(=O)(=O)c1cc(Cl)ccc1Cl. The van der Waals surface area contributed by atoms with E-state index in [9.17, 15) is 13.2 Å². The van der Waals surface area contributed by atoms with Crippen LogP contribution in [-0.4, -0.2) is 52.0 Å². The highest BCUT2D eigenvalue weighted by Crippen LogP contribution is 2.27. The molecule has 2 rings (SSSR count). The van der Waals surface area contributed by atoms with Gasteiger partial charge in [-0.25, -0.2) is 8.42 Å². The van der Waals surface area contributed by atoms with Gasteiger partial charge in [0.2, 0.25) is 15.9 Å². The zero-order valence-corrected chi connectivity index (χ0v) is 18.4. The van der Waals surface area contributed by atoms with Crippen LogP contribution in [0.2, 0.25) is 10.0 Å². The Kier molecular flexibility index (Phi) is 9.39. The fourth-order valence-electron chi connectivity index (χ4n) is 2.66. The second kappa shape index (κ2) is 11.5. The molecule has 0 unspecified atom stereocenters. The zero-order valence-electron chi connectivity index (χ0n) is 16.1. The maximum atomic E-state index is 13.2. The number of ether oxygens (including phenoxy) is 1. The first kappa shape index (κ1) is 23.6. The predicted molar refractivity (Wildman–Crippen MR) is 115 cm³/mol. The first-order valence-corrected chi connectivity index (χ1v) is 11.3. The average molecular weight is 459 g/mol. The molecule has 0 radical (unpaired) electrons. The van der Waals surface area contributed by atoms with Crippen LogP contribution in [0.25, 0.3) is 0 Å². The number of methoxy groups -OCH3 is 1. The summed E-state index contributed by atoms with van der Waals surface area (Å²) >= 11 is 12.1. The Morgan fingerprint density at radius 2 is 1.86 bits per heavy atom. The van der Waals surface area contributed by atoms with Gasteiger partial charge >= 0.3 is 0 Å². The summed E-state index contributed by atoms with van der Waals surface area (Å²) in [4.78, 5) is 12.2. The minimum atomic E-state index is -4.02. The minimum absolute atomic E-state index is 0.0552. The number of carbonyl (C=O) groups is 1. The van der Waals surface area contributed by atoms with Crippen LogP contribution >= 0.6 is 23.2 Å². The van der Waals surface area contributed by atoms with Crippen LogP contribution in [0.5, 0.6) is 0 Å². The lowest BCUT2D eigenvalue weighted by Crippen LogP contribution is -2.42. The van der Waals surface area contributed by atoms with E-state index in [2.05, 4.69) is 5.32 Å². The fourth-order valence-corrected chi connectivity index (χ4v) is 4.79. The zero-order chi connectivity index (χ0) is 21.3. The van der Waals surface area contributed by atoms with Crippen LogP contribution in [0.4, 0.5) is 0 Å². The standard InChI is InChI=1S/C20H24Cl2N2O4S/c1-28-13-5-11-23-20(25)15-24(12-10-16-6-3-2-4-7-16)29(26,27)19-14-17(21)8-9-18(19)22/h2-4,6-9,14H,5,10-13,15H2,1H3,(H,23,25). The molecule has 0 aromatic heterocycles. The van der Waals surface area contributed by atoms with Gasteiger partial charge in [0.15, 0.2) is 0 Å². The highest BCUT2D eigenvalue weighted by Gasteiger charge is 2.28. The smallest absolute Gasteiger partial charge is 0.245 e. The molecule has 0 saturated carbocycles. The Morgan fingerprint density at radius 3 is 2.55 bits per heavy atom. The van der Waals surface area contributed by atoms with E-state index in [4.69, 9.17) is 27.9 Å². The molecule has 0 bridgehead atoms. The van der Waals surface area contributed by atoms with E-state index in [1.54, 1.807) is 7.11 Å². The molecule has 0 spiro atoms. The van der Waals surface area contributed by atoms with Crippen molar-refractivity contribution >= 4 is 39.1 Å². The van der Waals surface area contributed by atoms with E-state index in [-0.39, 0.29) is 28.0 Å². The molecule has 1 amide bonds. The molecular formula is C20H24Cl2N2O4S. The van der Waals surface area contributed by atoms with Crippen LogP contribution in [0.1, 0.15) is 12.0 Å². The van der Waals surface area contributed by atoms with Gasteiger partial charge in [-0.2, -0.15) is 4.31 Å². The third-order valence-electron chi connectivity index (χ3n) is 4.17. The molecule has 0 saturated heterocycles. The van der Waals surface area contributed by atoms with Crippen molar-refractivity contribution in [3.63, 3.8) is 0 Å². The van der Waals surface area contributed by atoms with Gasteiger partial charge in [0.05, 0.1) is 11.6 Å². The van der Waals surface area contributed by atoms with Crippen LogP contribution < -0.4 is 5.32 Å². The number of benzene rings is 2. The van der Waals surface area contributed by atoms with Gasteiger partial charge in [-0.1, -0.05) is 53.5 Å². The number of hydrogen-bond donors (Lipinski definition) is 1. The second-order valence-electron chi connectivity index (χ2n) is 6.35. The van der Waals surface area contributed by atoms with Crippen molar-refractivity contribution in [1.82, 2.24) is 9.62 Å². The molecule has 29 heavy (non-hydrogen) atoms. The lowest BCUT2D eigenvalue weighted by atomic mass is 10.1. The molecule has 2 aromatic carbocycles. The van der Waals surface area contributed by atoms with E-state index in [0.717, 1.165) is 9.87 Å². The Hall–Kier alpha value is -1.64. The molecule has 0 aliphatic heterocycles. The summed E-state index contributed by atoms with van der Waals surface area (Å²) in [5.74, 6) is -0.393. The quantitative estimate of drug-likeness (QED) is 0.523. The van der Waals surface area contributed by atoms with E-state index >= 15 is 0 Å². The van der Waals surface area contributed by atoms with Gasteiger partial charge in [-0.15, -0.1) is 0 Å². The Morgan fingerprint density at radius 1 is 1.14 bits per heavy atom. The molecule has 1 N–H and O–H groups in total. The molecule has 9 heteroatoms. The molecule has 0 heterocycles. The van der Waals surface area contributed by atoms with Crippen molar-refractivity contribution in [3.8, 4) is 0 Å². The predicted octanol–water partition coefficient (Wildman–Crippen LogP) is 3.38. The highest BCUT2D eigenvalue weighted by molar-refractivity contribution is 7.89. The molecule has 2 aromatic rings. The van der Waals surface area contributed by atoms with Crippen LogP contribution in [0, 0.1) is 0 Å². The summed E-state index contributed by atoms with van der Waals surface area (Å²) in [5, 5.41) is 3.02. The molecule has 0 fully saturated rings. The van der Waals surface area contributed by atoms with Gasteiger partial charge in [-0.05, 0) is 36.6 Å². The number of hydrogen-bond acceptors (Lipinski definition) is 4. The number of amides is 1. The molecule has 0 aliphatic carbocycles. The molecular weight excluding hydrogens is 435 g/mol. The van der Waals surface area contributed by atoms with Crippen molar-refractivity contribution < 1.29 is 17.9 Å². The van der Waals surface area contributed by atoms with Crippen molar-refractivity contribution in [2.45, 2.75) is 17.7 Å². The lowest BCUT2D eigenvalue weighted by Gasteiger charge is -2.22. The largest absolute Gasteiger partial charge is 0.385 e. The van der Waals surface area contributed by atoms with Crippen LogP contribution in [-0.2, 0) is 26.0 Å². The van der Waals surface area contributed by atoms with E-state index < -0.39 is 15.9 Å². The molecule has 0 aliphatic rings. The molecule has 158 valence electrons. The first-order chi connectivity index (χ1) is 13.8. The third-order valence-corrected chi connectivity index (χ3v) is 6.73. The van der Waals surface area contributed by atoms with Crippen LogP contribution in [0.3, 0.4) is 0 Å². The number of sulfonamides is 1. The maximum absolute atomic E-state index is 13.2. The number of halogens is 2. The maximum Gasteiger partial charge on any atom is 0.245 e. The van der Waals surface area contributed by atoms with Crippen molar-refractivity contribution in [3.05, 3.63) is 64.1 Å². The van der Waals surface area contributed by atoms with Gasteiger partial charge in [-0.3, -0.25) is 4.79 Å². The van der Waals surface area contributed by atoms with E-state index in [1.807, 2.05) is 30.3 Å². The summed E-state index contributed by atoms with van der Waals surface area (Å²) in [6, 6.07) is 13.7. The summed E-state index contributed by atoms with van der Waals surface area (Å²) in [6.45, 7) is 0.720. The minimum Gasteiger partial charge on any atom is -0.385 e. The lowest BCUT2D eigenvalue weighted by molar-refractivity contribution is -0.121. The summed E-state index contributed by atoms with van der Waals surface area (Å²) < 4.78 is 32.5. The Labute approximate surface area is 181 Å². The third kappa shape index (κ3) is 7.28. The first-order valence-electron chi connectivity index (χ1n) is 9.09. The topological polar surface area (TPSA) is 75.7 Å². The summed E-state index contributed by atoms with van der Waals surface area (Å²) in [5.41, 5.74) is 0.963. The number of nitrogens with zero attached hydrogens (tertiary/aromatic N) is 1. The average Bonchev–Trinajstić information content (AvgIpc) is 2.70. The van der Waals surface area contributed by atoms with Crippen molar-refractivity contribution in [2.24, 2.45) is 0 Å².